The van der Waals surface area contributed by atoms with E-state index in [0.717, 1.165) is 18.4 Å². The van der Waals surface area contributed by atoms with Crippen LogP contribution in [0.2, 0.25) is 0 Å². The molecular formula is C25H31N3O4. The predicted octanol–water partition coefficient (Wildman–Crippen LogP) is 2.96. The fraction of sp³-hybridized carbons (Fsp3) is 0.400. The maximum Gasteiger partial charge on any atom is 0.244 e. The third kappa shape index (κ3) is 6.09. The van der Waals surface area contributed by atoms with Gasteiger partial charge in [0.1, 0.15) is 5.75 Å². The number of nitrogens with one attached hydrogen (secondary N) is 1. The standard InChI is InChI=1S/C25H31N3O4/c1-3-14-28(18-23(29)26-21-11-7-8-12-22(21)32-2)25(31)20-16-24(30)27(17-20)15-13-19-9-5-4-6-10-19/h4-12,20H,3,13-18H2,1-2H3,(H,26,29). The van der Waals surface area contributed by atoms with E-state index in [-0.39, 0.29) is 30.7 Å². The molecule has 0 spiro atoms. The van der Waals surface area contributed by atoms with E-state index in [2.05, 4.69) is 5.32 Å². The Hall–Kier alpha value is -3.35. The topological polar surface area (TPSA) is 79.0 Å². The lowest BCUT2D eigenvalue weighted by Gasteiger charge is -2.25. The van der Waals surface area contributed by atoms with Gasteiger partial charge in [0.05, 0.1) is 25.3 Å². The molecule has 1 aliphatic rings. The summed E-state index contributed by atoms with van der Waals surface area (Å²) in [5, 5.41) is 2.82. The first-order valence-corrected chi connectivity index (χ1v) is 11.0. The van der Waals surface area contributed by atoms with Crippen LogP contribution in [-0.4, -0.2) is 60.8 Å². The summed E-state index contributed by atoms with van der Waals surface area (Å²) in [7, 11) is 1.54. The van der Waals surface area contributed by atoms with Crippen molar-refractivity contribution in [2.75, 3.05) is 38.6 Å². The molecule has 0 aliphatic carbocycles. The minimum Gasteiger partial charge on any atom is -0.495 e. The Morgan fingerprint density at radius 3 is 2.56 bits per heavy atom. The Morgan fingerprint density at radius 2 is 1.84 bits per heavy atom. The number of benzene rings is 2. The molecule has 0 saturated carbocycles. The highest BCUT2D eigenvalue weighted by Crippen LogP contribution is 2.24. The number of carbonyl (C=O) groups excluding carboxylic acids is 3. The fourth-order valence-electron chi connectivity index (χ4n) is 3.97. The molecule has 2 aromatic rings. The number of anilines is 1. The molecule has 2 aromatic carbocycles. The van der Waals surface area contributed by atoms with Gasteiger partial charge in [-0.1, -0.05) is 49.4 Å². The zero-order valence-corrected chi connectivity index (χ0v) is 18.8. The van der Waals surface area contributed by atoms with Gasteiger partial charge in [-0.25, -0.2) is 0 Å². The second-order valence-electron chi connectivity index (χ2n) is 7.98. The summed E-state index contributed by atoms with van der Waals surface area (Å²) in [5.74, 6) is -0.290. The first kappa shape index (κ1) is 23.3. The summed E-state index contributed by atoms with van der Waals surface area (Å²) in [5.41, 5.74) is 1.72. The highest BCUT2D eigenvalue weighted by molar-refractivity contribution is 5.97. The van der Waals surface area contributed by atoms with Crippen LogP contribution in [0.5, 0.6) is 5.75 Å². The zero-order valence-electron chi connectivity index (χ0n) is 18.8. The summed E-state index contributed by atoms with van der Waals surface area (Å²) >= 11 is 0. The van der Waals surface area contributed by atoms with Crippen molar-refractivity contribution in [1.82, 2.24) is 9.80 Å². The van der Waals surface area contributed by atoms with E-state index < -0.39 is 5.92 Å². The van der Waals surface area contributed by atoms with Crippen LogP contribution in [0.15, 0.2) is 54.6 Å². The molecule has 0 aromatic heterocycles. The zero-order chi connectivity index (χ0) is 22.9. The molecule has 32 heavy (non-hydrogen) atoms. The van der Waals surface area contributed by atoms with Gasteiger partial charge in [-0.05, 0) is 30.5 Å². The molecule has 1 unspecified atom stereocenters. The van der Waals surface area contributed by atoms with Gasteiger partial charge in [0, 0.05) is 26.1 Å². The number of likely N-dealkylation sites (tertiary alicyclic amines) is 1. The molecule has 7 heteroatoms. The second kappa shape index (κ2) is 11.3. The van der Waals surface area contributed by atoms with Crippen LogP contribution < -0.4 is 10.1 Å². The lowest BCUT2D eigenvalue weighted by Crippen LogP contribution is -2.42. The minimum absolute atomic E-state index is 0.00537. The monoisotopic (exact) mass is 437 g/mol. The maximum atomic E-state index is 13.2. The van der Waals surface area contributed by atoms with Crippen molar-refractivity contribution in [3.05, 3.63) is 60.2 Å². The highest BCUT2D eigenvalue weighted by atomic mass is 16.5. The van der Waals surface area contributed by atoms with Crippen molar-refractivity contribution in [2.45, 2.75) is 26.2 Å². The van der Waals surface area contributed by atoms with Gasteiger partial charge in [-0.3, -0.25) is 14.4 Å². The van der Waals surface area contributed by atoms with E-state index in [9.17, 15) is 14.4 Å². The van der Waals surface area contributed by atoms with Crippen LogP contribution in [0.4, 0.5) is 5.69 Å². The summed E-state index contributed by atoms with van der Waals surface area (Å²) in [6.07, 6.45) is 1.68. The van der Waals surface area contributed by atoms with Crippen molar-refractivity contribution in [3.63, 3.8) is 0 Å². The van der Waals surface area contributed by atoms with Crippen LogP contribution in [0, 0.1) is 5.92 Å². The number of carbonyl (C=O) groups is 3. The van der Waals surface area contributed by atoms with Gasteiger partial charge in [0.25, 0.3) is 0 Å². The van der Waals surface area contributed by atoms with E-state index in [0.29, 0.717) is 31.1 Å². The molecular weight excluding hydrogens is 406 g/mol. The number of rotatable bonds is 10. The summed E-state index contributed by atoms with van der Waals surface area (Å²) < 4.78 is 5.27. The summed E-state index contributed by atoms with van der Waals surface area (Å²) in [6.45, 7) is 3.37. The number of hydrogen-bond acceptors (Lipinski definition) is 4. The SMILES string of the molecule is CCCN(CC(=O)Nc1ccccc1OC)C(=O)C1CC(=O)N(CCc2ccccc2)C1. The van der Waals surface area contributed by atoms with Gasteiger partial charge in [-0.2, -0.15) is 0 Å². The Bertz CT molecular complexity index is 932. The van der Waals surface area contributed by atoms with Crippen molar-refractivity contribution < 1.29 is 19.1 Å². The normalized spacial score (nSPS) is 15.5. The van der Waals surface area contributed by atoms with Crippen molar-refractivity contribution >= 4 is 23.4 Å². The third-order valence-corrected chi connectivity index (χ3v) is 5.60. The molecule has 3 rings (SSSR count). The quantitative estimate of drug-likeness (QED) is 0.620. The lowest BCUT2D eigenvalue weighted by atomic mass is 10.1. The van der Waals surface area contributed by atoms with Crippen LogP contribution in [0.25, 0.3) is 0 Å². The van der Waals surface area contributed by atoms with E-state index >= 15 is 0 Å². The predicted molar refractivity (Wildman–Crippen MR) is 123 cm³/mol. The lowest BCUT2D eigenvalue weighted by molar-refractivity contribution is -0.138. The number of nitrogens with zero attached hydrogens (tertiary/aromatic N) is 2. The van der Waals surface area contributed by atoms with Crippen LogP contribution in [-0.2, 0) is 20.8 Å². The second-order valence-corrected chi connectivity index (χ2v) is 7.98. The smallest absolute Gasteiger partial charge is 0.244 e. The van der Waals surface area contributed by atoms with E-state index in [1.54, 1.807) is 35.1 Å². The molecule has 3 amide bonds. The highest BCUT2D eigenvalue weighted by Gasteiger charge is 2.36. The van der Waals surface area contributed by atoms with Gasteiger partial charge < -0.3 is 19.9 Å². The summed E-state index contributed by atoms with van der Waals surface area (Å²) in [4.78, 5) is 41.6. The Kier molecular flexibility index (Phi) is 8.25. The average Bonchev–Trinajstić information content (AvgIpc) is 3.18. The van der Waals surface area contributed by atoms with E-state index in [1.807, 2.05) is 43.3 Å². The number of ether oxygens (including phenoxy) is 1. The van der Waals surface area contributed by atoms with Gasteiger partial charge in [0.2, 0.25) is 17.7 Å². The molecule has 1 saturated heterocycles. The molecule has 1 N–H and O–H groups in total. The van der Waals surface area contributed by atoms with E-state index in [4.69, 9.17) is 4.74 Å². The molecule has 1 heterocycles. The maximum absolute atomic E-state index is 13.2. The largest absolute Gasteiger partial charge is 0.495 e. The number of methoxy groups -OCH3 is 1. The average molecular weight is 438 g/mol. The van der Waals surface area contributed by atoms with Crippen LogP contribution in [0.3, 0.4) is 0 Å². The molecule has 0 bridgehead atoms. The Labute approximate surface area is 189 Å². The van der Waals surface area contributed by atoms with Gasteiger partial charge >= 0.3 is 0 Å². The Morgan fingerprint density at radius 1 is 1.12 bits per heavy atom. The first-order chi connectivity index (χ1) is 15.5. The van der Waals surface area contributed by atoms with Crippen molar-refractivity contribution in [2.24, 2.45) is 5.92 Å². The van der Waals surface area contributed by atoms with Gasteiger partial charge in [-0.15, -0.1) is 0 Å². The number of hydrogen-bond donors (Lipinski definition) is 1. The fourth-order valence-corrected chi connectivity index (χ4v) is 3.97. The number of para-hydroxylation sites is 2. The third-order valence-electron chi connectivity index (χ3n) is 5.60. The van der Waals surface area contributed by atoms with Crippen molar-refractivity contribution in [1.29, 1.82) is 0 Å². The van der Waals surface area contributed by atoms with Crippen molar-refractivity contribution in [3.8, 4) is 5.75 Å². The first-order valence-electron chi connectivity index (χ1n) is 11.0. The molecule has 7 nitrogen and oxygen atoms in total. The molecule has 170 valence electrons. The molecule has 1 fully saturated rings. The summed E-state index contributed by atoms with van der Waals surface area (Å²) in [6, 6.07) is 17.1. The van der Waals surface area contributed by atoms with E-state index in [1.165, 1.54) is 0 Å². The van der Waals surface area contributed by atoms with Crippen LogP contribution >= 0.6 is 0 Å². The van der Waals surface area contributed by atoms with Gasteiger partial charge in [0.15, 0.2) is 0 Å². The Balaban J connectivity index is 1.58. The minimum atomic E-state index is -0.413. The molecule has 1 atom stereocenters. The molecule has 0 radical (unpaired) electrons. The molecule has 1 aliphatic heterocycles. The number of amides is 3. The van der Waals surface area contributed by atoms with Crippen LogP contribution in [0.1, 0.15) is 25.3 Å².